The number of allylic oxidation sites excluding steroid dienone is 1. The van der Waals surface area contributed by atoms with Gasteiger partial charge < -0.3 is 5.11 Å². The Hall–Kier alpha value is -0.300. The zero-order valence-corrected chi connectivity index (χ0v) is 5.93. The lowest BCUT2D eigenvalue weighted by molar-refractivity contribution is 0.204. The van der Waals surface area contributed by atoms with Crippen LogP contribution >= 0.6 is 0 Å². The van der Waals surface area contributed by atoms with Crippen LogP contribution in [0.25, 0.3) is 0 Å². The molecule has 0 aromatic rings. The number of aliphatic hydroxyl groups excluding tert-OH is 1. The van der Waals surface area contributed by atoms with E-state index in [2.05, 4.69) is 6.08 Å². The van der Waals surface area contributed by atoms with Crippen molar-refractivity contribution in [2.24, 2.45) is 0 Å². The van der Waals surface area contributed by atoms with Crippen molar-refractivity contribution in [3.05, 3.63) is 11.6 Å². The predicted molar refractivity (Wildman–Crippen MR) is 38.2 cm³/mol. The summed E-state index contributed by atoms with van der Waals surface area (Å²) in [6, 6.07) is 0. The second-order valence-corrected chi connectivity index (χ2v) is 2.60. The minimum absolute atomic E-state index is 0.146. The molecule has 1 N–H and O–H groups in total. The molecule has 1 atom stereocenters. The maximum Gasteiger partial charge on any atom is 0.0747 e. The average molecular weight is 126 g/mol. The second-order valence-electron chi connectivity index (χ2n) is 2.60. The van der Waals surface area contributed by atoms with E-state index in [0.29, 0.717) is 0 Å². The van der Waals surface area contributed by atoms with Gasteiger partial charge in [0.25, 0.3) is 0 Å². The van der Waals surface area contributed by atoms with Gasteiger partial charge in [-0.2, -0.15) is 0 Å². The Labute approximate surface area is 56.4 Å². The van der Waals surface area contributed by atoms with Gasteiger partial charge in [0.2, 0.25) is 0 Å². The molecule has 0 spiro atoms. The van der Waals surface area contributed by atoms with E-state index in [0.717, 1.165) is 12.8 Å². The van der Waals surface area contributed by atoms with Crippen LogP contribution in [0.4, 0.5) is 0 Å². The van der Waals surface area contributed by atoms with Gasteiger partial charge in [-0.3, -0.25) is 0 Å². The zero-order chi connectivity index (χ0) is 6.69. The van der Waals surface area contributed by atoms with Crippen LogP contribution in [0.3, 0.4) is 0 Å². The molecule has 1 nitrogen and oxygen atoms in total. The normalized spacial score (nSPS) is 21.8. The molecule has 0 aliphatic heterocycles. The summed E-state index contributed by atoms with van der Waals surface area (Å²) < 4.78 is 0. The fourth-order valence-corrected chi connectivity index (χ4v) is 1.26. The molecule has 0 aromatic carbocycles. The number of aliphatic hydroxyl groups is 1. The van der Waals surface area contributed by atoms with Crippen LogP contribution in [-0.4, -0.2) is 11.2 Å². The zero-order valence-electron chi connectivity index (χ0n) is 5.93. The molecule has 52 valence electrons. The average Bonchev–Trinajstić information content (AvgIpc) is 2.37. The molecule has 1 rings (SSSR count). The van der Waals surface area contributed by atoms with Gasteiger partial charge in [0.1, 0.15) is 0 Å². The summed E-state index contributed by atoms with van der Waals surface area (Å²) in [6.45, 7) is 2.02. The number of hydrogen-bond donors (Lipinski definition) is 1. The van der Waals surface area contributed by atoms with Gasteiger partial charge in [-0.25, -0.2) is 0 Å². The Kier molecular flexibility index (Phi) is 2.29. The molecule has 0 amide bonds. The van der Waals surface area contributed by atoms with Gasteiger partial charge in [-0.05, 0) is 31.3 Å². The minimum atomic E-state index is -0.146. The lowest BCUT2D eigenvalue weighted by atomic mass is 10.1. The van der Waals surface area contributed by atoms with Crippen molar-refractivity contribution in [2.75, 3.05) is 0 Å². The fourth-order valence-electron chi connectivity index (χ4n) is 1.26. The fraction of sp³-hybridized carbons (Fsp3) is 0.750. The Morgan fingerprint density at radius 1 is 1.78 bits per heavy atom. The van der Waals surface area contributed by atoms with Crippen LogP contribution in [0.5, 0.6) is 0 Å². The molecule has 0 bridgehead atoms. The standard InChI is InChI=1S/C8H14O/c1-2-8(9)7-5-3-4-6-7/h5,8-9H,2-4,6H2,1H3. The van der Waals surface area contributed by atoms with E-state index in [-0.39, 0.29) is 6.10 Å². The van der Waals surface area contributed by atoms with E-state index in [4.69, 9.17) is 0 Å². The topological polar surface area (TPSA) is 20.2 Å². The molecular weight excluding hydrogens is 112 g/mol. The molecule has 0 aromatic heterocycles. The number of hydrogen-bond acceptors (Lipinski definition) is 1. The lowest BCUT2D eigenvalue weighted by Gasteiger charge is -2.06. The molecule has 0 heterocycles. The van der Waals surface area contributed by atoms with Crippen LogP contribution in [-0.2, 0) is 0 Å². The number of rotatable bonds is 2. The molecule has 1 aliphatic rings. The Bertz CT molecular complexity index is 116. The highest BCUT2D eigenvalue weighted by Gasteiger charge is 2.10. The Morgan fingerprint density at radius 3 is 3.00 bits per heavy atom. The van der Waals surface area contributed by atoms with E-state index >= 15 is 0 Å². The smallest absolute Gasteiger partial charge is 0.0747 e. The van der Waals surface area contributed by atoms with Crippen LogP contribution in [0.15, 0.2) is 11.6 Å². The van der Waals surface area contributed by atoms with Gasteiger partial charge >= 0.3 is 0 Å². The van der Waals surface area contributed by atoms with Crippen LogP contribution in [0, 0.1) is 0 Å². The van der Waals surface area contributed by atoms with Crippen molar-refractivity contribution in [1.29, 1.82) is 0 Å². The molecule has 0 radical (unpaired) electrons. The van der Waals surface area contributed by atoms with Crippen molar-refractivity contribution >= 4 is 0 Å². The SMILES string of the molecule is CCC(O)C1=CCCC1. The summed E-state index contributed by atoms with van der Waals surface area (Å²) in [5.41, 5.74) is 1.26. The summed E-state index contributed by atoms with van der Waals surface area (Å²) in [4.78, 5) is 0. The molecule has 1 aliphatic carbocycles. The van der Waals surface area contributed by atoms with Crippen molar-refractivity contribution in [1.82, 2.24) is 0 Å². The van der Waals surface area contributed by atoms with Crippen molar-refractivity contribution < 1.29 is 5.11 Å². The molecule has 0 fully saturated rings. The van der Waals surface area contributed by atoms with Crippen LogP contribution < -0.4 is 0 Å². The monoisotopic (exact) mass is 126 g/mol. The highest BCUT2D eigenvalue weighted by atomic mass is 16.3. The van der Waals surface area contributed by atoms with Gasteiger partial charge in [0.05, 0.1) is 6.10 Å². The van der Waals surface area contributed by atoms with Gasteiger partial charge in [-0.1, -0.05) is 13.0 Å². The molecule has 0 saturated heterocycles. The summed E-state index contributed by atoms with van der Waals surface area (Å²) in [5.74, 6) is 0. The van der Waals surface area contributed by atoms with Crippen LogP contribution in [0.1, 0.15) is 32.6 Å². The summed E-state index contributed by atoms with van der Waals surface area (Å²) in [7, 11) is 0. The quantitative estimate of drug-likeness (QED) is 0.560. The first-order chi connectivity index (χ1) is 4.34. The van der Waals surface area contributed by atoms with Gasteiger partial charge in [0.15, 0.2) is 0 Å². The Balaban J connectivity index is 2.40. The van der Waals surface area contributed by atoms with Gasteiger partial charge in [0, 0.05) is 0 Å². The van der Waals surface area contributed by atoms with Crippen molar-refractivity contribution in [2.45, 2.75) is 38.7 Å². The molecule has 1 unspecified atom stereocenters. The van der Waals surface area contributed by atoms with Crippen molar-refractivity contribution in [3.63, 3.8) is 0 Å². The first-order valence-electron chi connectivity index (χ1n) is 3.71. The highest BCUT2D eigenvalue weighted by Crippen LogP contribution is 2.21. The van der Waals surface area contributed by atoms with Gasteiger partial charge in [-0.15, -0.1) is 0 Å². The van der Waals surface area contributed by atoms with E-state index in [1.807, 2.05) is 6.92 Å². The molecule has 1 heteroatoms. The molecule has 0 saturated carbocycles. The first kappa shape index (κ1) is 6.81. The third-order valence-electron chi connectivity index (χ3n) is 1.89. The van der Waals surface area contributed by atoms with E-state index in [9.17, 15) is 5.11 Å². The van der Waals surface area contributed by atoms with E-state index < -0.39 is 0 Å². The second kappa shape index (κ2) is 3.02. The van der Waals surface area contributed by atoms with E-state index in [1.165, 1.54) is 18.4 Å². The molecule has 9 heavy (non-hydrogen) atoms. The van der Waals surface area contributed by atoms with Crippen LogP contribution in [0.2, 0.25) is 0 Å². The third kappa shape index (κ3) is 1.55. The Morgan fingerprint density at radius 2 is 2.56 bits per heavy atom. The summed E-state index contributed by atoms with van der Waals surface area (Å²) in [5, 5.41) is 9.29. The van der Waals surface area contributed by atoms with E-state index in [1.54, 1.807) is 0 Å². The molecular formula is C8H14O. The highest BCUT2D eigenvalue weighted by molar-refractivity contribution is 5.11. The maximum absolute atomic E-state index is 9.29. The van der Waals surface area contributed by atoms with Crippen molar-refractivity contribution in [3.8, 4) is 0 Å². The first-order valence-corrected chi connectivity index (χ1v) is 3.71. The third-order valence-corrected chi connectivity index (χ3v) is 1.89. The predicted octanol–water partition coefficient (Wildman–Crippen LogP) is 1.87. The minimum Gasteiger partial charge on any atom is -0.389 e. The maximum atomic E-state index is 9.29. The summed E-state index contributed by atoms with van der Waals surface area (Å²) >= 11 is 0. The lowest BCUT2D eigenvalue weighted by Crippen LogP contribution is -2.05. The summed E-state index contributed by atoms with van der Waals surface area (Å²) in [6.07, 6.45) is 6.43. The largest absolute Gasteiger partial charge is 0.389 e.